The van der Waals surface area contributed by atoms with Gasteiger partial charge in [-0.1, -0.05) is 93.5 Å². The van der Waals surface area contributed by atoms with Gasteiger partial charge in [0.1, 0.15) is 0 Å². The molecule has 2 aromatic rings. The number of hydrogen-bond acceptors (Lipinski definition) is 13. The molecule has 0 aromatic heterocycles. The zero-order valence-electron chi connectivity index (χ0n) is 39.3. The normalized spacial score (nSPS) is 16.2. The molecule has 0 radical (unpaired) electrons. The summed E-state index contributed by atoms with van der Waals surface area (Å²) in [5.41, 5.74) is 2.60. The molecule has 67 heavy (non-hydrogen) atoms. The van der Waals surface area contributed by atoms with Gasteiger partial charge in [0, 0.05) is 89.6 Å². The van der Waals surface area contributed by atoms with Crippen LogP contribution in [0.4, 0.5) is 0 Å². The zero-order valence-corrected chi connectivity index (χ0v) is 40.9. The van der Waals surface area contributed by atoms with Crippen LogP contribution in [0.5, 0.6) is 0 Å². The number of unbranched alkanes of at least 4 members (excludes halogenated alkanes) is 2. The molecule has 3 unspecified atom stereocenters. The third-order valence-corrected chi connectivity index (χ3v) is 13.0. The number of aliphatic carboxylic acids is 4. The van der Waals surface area contributed by atoms with E-state index in [1.54, 1.807) is 38.6 Å². The summed E-state index contributed by atoms with van der Waals surface area (Å²) in [6.07, 6.45) is 5.57. The first kappa shape index (κ1) is 56.7. The Kier molecular flexibility index (Phi) is 26.0. The van der Waals surface area contributed by atoms with E-state index in [-0.39, 0.29) is 49.4 Å². The largest absolute Gasteiger partial charge is 0.481 e. The topological polar surface area (TPSA) is 225 Å². The number of thioether (sulfide) groups is 1. The number of nitrogens with zero attached hydrogens (tertiary/aromatic N) is 4. The summed E-state index contributed by atoms with van der Waals surface area (Å²) in [4.78, 5) is 95.2. The van der Waals surface area contributed by atoms with Gasteiger partial charge < -0.3 is 25.7 Å². The summed E-state index contributed by atoms with van der Waals surface area (Å²) in [5.74, 6) is -5.56. The highest BCUT2D eigenvalue weighted by Gasteiger charge is 2.31. The number of benzene rings is 2. The molecule has 18 heteroatoms. The number of rotatable bonds is 29. The van der Waals surface area contributed by atoms with Crippen LogP contribution >= 0.6 is 24.0 Å². The summed E-state index contributed by atoms with van der Waals surface area (Å²) < 4.78 is 0. The van der Waals surface area contributed by atoms with E-state index < -0.39 is 41.8 Å². The Balaban J connectivity index is 1.60. The minimum absolute atomic E-state index is 0.0438. The summed E-state index contributed by atoms with van der Waals surface area (Å²) >= 11 is 7.46. The highest BCUT2D eigenvalue weighted by Crippen LogP contribution is 2.22. The molecule has 2 aromatic carbocycles. The second kappa shape index (κ2) is 30.7. The van der Waals surface area contributed by atoms with E-state index in [2.05, 4.69) is 10.2 Å². The molecule has 0 bridgehead atoms. The zero-order chi connectivity index (χ0) is 49.3. The van der Waals surface area contributed by atoms with Crippen LogP contribution < -0.4 is 5.32 Å². The van der Waals surface area contributed by atoms with Crippen LogP contribution in [0.15, 0.2) is 54.6 Å². The Morgan fingerprint density at radius 1 is 0.642 bits per heavy atom. The first-order valence-electron chi connectivity index (χ1n) is 23.2. The molecule has 5 N–H and O–H groups in total. The molecule has 0 spiro atoms. The van der Waals surface area contributed by atoms with Crippen LogP contribution in [0.2, 0.25) is 0 Å². The maximum atomic E-state index is 13.9. The van der Waals surface area contributed by atoms with Gasteiger partial charge in [0.25, 0.3) is 0 Å². The van der Waals surface area contributed by atoms with Crippen molar-refractivity contribution in [2.75, 3.05) is 84.0 Å². The second-order valence-corrected chi connectivity index (χ2v) is 19.4. The molecule has 1 saturated heterocycles. The third-order valence-electron chi connectivity index (χ3n) is 12.0. The van der Waals surface area contributed by atoms with Gasteiger partial charge in [0.15, 0.2) is 11.6 Å². The van der Waals surface area contributed by atoms with Crippen LogP contribution in [0.3, 0.4) is 0 Å². The highest BCUT2D eigenvalue weighted by atomic mass is 32.2. The summed E-state index contributed by atoms with van der Waals surface area (Å²) in [6, 6.07) is 16.1. The molecule has 1 heterocycles. The van der Waals surface area contributed by atoms with E-state index in [4.69, 9.17) is 12.2 Å². The number of ketones is 2. The van der Waals surface area contributed by atoms with E-state index in [1.807, 2.05) is 62.6 Å². The molecule has 1 aliphatic heterocycles. The molecule has 1 amide bonds. The lowest BCUT2D eigenvalue weighted by atomic mass is 9.88. The SMILES string of the molecule is CSCCC(CC(=S)Cc1ccc(CN2CCN(CC(=O)O)CCN(CC(=O)O)CCN(CC(=O)O)CC2)cc1)C(=O)NC(C(=O)CC(CCCCCC(=O)c1ccccc1)C(=O)O)C(C)C. The van der Waals surface area contributed by atoms with Gasteiger partial charge in [0.05, 0.1) is 31.6 Å². The van der Waals surface area contributed by atoms with Crippen LogP contribution in [-0.2, 0) is 41.7 Å². The van der Waals surface area contributed by atoms with Gasteiger partial charge in [-0.15, -0.1) is 0 Å². The van der Waals surface area contributed by atoms with Gasteiger partial charge >= 0.3 is 23.9 Å². The fourth-order valence-electron chi connectivity index (χ4n) is 8.16. The number of carboxylic acids is 4. The molecule has 0 saturated carbocycles. The highest BCUT2D eigenvalue weighted by molar-refractivity contribution is 7.98. The van der Waals surface area contributed by atoms with Gasteiger partial charge in [-0.2, -0.15) is 11.8 Å². The van der Waals surface area contributed by atoms with Crippen LogP contribution in [-0.4, -0.2) is 176 Å². The molecule has 1 fully saturated rings. The van der Waals surface area contributed by atoms with Gasteiger partial charge in [-0.05, 0) is 59.6 Å². The average Bonchev–Trinajstić information content (AvgIpc) is 3.27. The number of Topliss-reactive ketones (excluding diaryl/α,β-unsaturated/α-hetero) is 2. The van der Waals surface area contributed by atoms with Crippen molar-refractivity contribution in [1.82, 2.24) is 24.9 Å². The van der Waals surface area contributed by atoms with Crippen molar-refractivity contribution in [3.8, 4) is 0 Å². The second-order valence-electron chi connectivity index (χ2n) is 17.8. The predicted octanol–water partition coefficient (Wildman–Crippen LogP) is 4.97. The smallest absolute Gasteiger partial charge is 0.317 e. The van der Waals surface area contributed by atoms with E-state index >= 15 is 0 Å². The number of amides is 1. The van der Waals surface area contributed by atoms with Crippen molar-refractivity contribution in [2.24, 2.45) is 17.8 Å². The van der Waals surface area contributed by atoms with Crippen LogP contribution in [0, 0.1) is 17.8 Å². The molecule has 1 aliphatic rings. The molecular formula is C49H71N5O11S2. The summed E-state index contributed by atoms with van der Waals surface area (Å²) in [6.45, 7) is 6.72. The molecule has 3 rings (SSSR count). The Morgan fingerprint density at radius 2 is 1.15 bits per heavy atom. The number of carbonyl (C=O) groups is 7. The lowest BCUT2D eigenvalue weighted by Gasteiger charge is -2.33. The Bertz CT molecular complexity index is 1890. The molecule has 0 aliphatic carbocycles. The number of carbonyl (C=O) groups excluding carboxylic acids is 3. The van der Waals surface area contributed by atoms with E-state index in [0.29, 0.717) is 126 Å². The first-order chi connectivity index (χ1) is 31.9. The number of thiocarbonyl (C=S) groups is 1. The van der Waals surface area contributed by atoms with Crippen molar-refractivity contribution in [2.45, 2.75) is 84.2 Å². The summed E-state index contributed by atoms with van der Waals surface area (Å²) in [5, 5.41) is 41.5. The van der Waals surface area contributed by atoms with Gasteiger partial charge in [-0.25, -0.2) is 0 Å². The quantitative estimate of drug-likeness (QED) is 0.0412. The Hall–Kier alpha value is -4.59. The average molecular weight is 970 g/mol. The van der Waals surface area contributed by atoms with Gasteiger partial charge in [0.2, 0.25) is 5.91 Å². The molecule has 16 nitrogen and oxygen atoms in total. The lowest BCUT2D eigenvalue weighted by molar-refractivity contribution is -0.144. The Labute approximate surface area is 404 Å². The van der Waals surface area contributed by atoms with Crippen molar-refractivity contribution < 1.29 is 54.0 Å². The maximum absolute atomic E-state index is 13.9. The van der Waals surface area contributed by atoms with Crippen molar-refractivity contribution >= 4 is 70.2 Å². The monoisotopic (exact) mass is 969 g/mol. The Morgan fingerprint density at radius 3 is 1.63 bits per heavy atom. The van der Waals surface area contributed by atoms with Crippen molar-refractivity contribution in [3.63, 3.8) is 0 Å². The van der Waals surface area contributed by atoms with E-state index in [1.165, 1.54) is 0 Å². The van der Waals surface area contributed by atoms with Crippen LogP contribution in [0.1, 0.15) is 86.7 Å². The minimum atomic E-state index is -1.06. The minimum Gasteiger partial charge on any atom is -0.481 e. The van der Waals surface area contributed by atoms with Crippen molar-refractivity contribution in [3.05, 3.63) is 71.3 Å². The fourth-order valence-corrected chi connectivity index (χ4v) is 9.05. The maximum Gasteiger partial charge on any atom is 0.317 e. The van der Waals surface area contributed by atoms with Crippen molar-refractivity contribution in [1.29, 1.82) is 0 Å². The molecule has 3 atom stereocenters. The molecular weight excluding hydrogens is 899 g/mol. The number of carboxylic acid groups (broad SMARTS) is 4. The predicted molar refractivity (Wildman–Crippen MR) is 263 cm³/mol. The lowest BCUT2D eigenvalue weighted by Crippen LogP contribution is -2.48. The van der Waals surface area contributed by atoms with Gasteiger partial charge in [-0.3, -0.25) is 53.2 Å². The fraction of sp³-hybridized carbons (Fsp3) is 0.592. The summed E-state index contributed by atoms with van der Waals surface area (Å²) in [7, 11) is 0. The number of hydrogen-bond donors (Lipinski definition) is 5. The number of nitrogens with one attached hydrogen (secondary N) is 1. The first-order valence-corrected chi connectivity index (χ1v) is 25.0. The third kappa shape index (κ3) is 22.8. The van der Waals surface area contributed by atoms with E-state index in [9.17, 15) is 54.0 Å². The van der Waals surface area contributed by atoms with Crippen LogP contribution in [0.25, 0.3) is 0 Å². The standard InChI is InChI=1S/C49H71N5O11S2/c1-35(2)47(43(56)30-40(49(64)65)12-8-5-9-13-42(55)38-10-6-4-7-11-38)50-48(63)39(18-27-67-3)29-41(66)28-36-14-16-37(17-15-36)31-51-19-21-52(32-44(57)58)23-25-54(34-46(61)62)26-24-53(22-20-51)33-45(59)60/h4,6-7,10-11,14-17,35,39-40,47H,5,8-9,12-13,18-34H2,1-3H3,(H,50,63)(H,57,58)(H,59,60)(H,61,62)(H,64,65). The molecule has 370 valence electrons. The van der Waals surface area contributed by atoms with E-state index in [0.717, 1.165) is 11.1 Å².